The number of fused-ring (bicyclic) bond motifs is 3. The molecule has 0 aliphatic heterocycles. The molecule has 4 aromatic rings. The van der Waals surface area contributed by atoms with Crippen molar-refractivity contribution in [2.24, 2.45) is 0 Å². The third-order valence-corrected chi connectivity index (χ3v) is 5.05. The Labute approximate surface area is 147 Å². The van der Waals surface area contributed by atoms with E-state index in [0.29, 0.717) is 0 Å². The summed E-state index contributed by atoms with van der Waals surface area (Å²) < 4.78 is 0. The molecular formula is C24H17N. The fourth-order valence-corrected chi connectivity index (χ4v) is 3.99. The van der Waals surface area contributed by atoms with Gasteiger partial charge in [0.2, 0.25) is 0 Å². The van der Waals surface area contributed by atoms with Crippen LogP contribution in [-0.2, 0) is 0 Å². The summed E-state index contributed by atoms with van der Waals surface area (Å²) in [6, 6.07) is 32.3. The second-order valence-corrected chi connectivity index (χ2v) is 6.41. The van der Waals surface area contributed by atoms with Gasteiger partial charge in [0.15, 0.2) is 0 Å². The SMILES string of the molecule is c1ccc(-c2ccccc2C2c3ccccc3-c3ccccc32)nc1. The highest BCUT2D eigenvalue weighted by molar-refractivity contribution is 5.82. The molecule has 3 aromatic carbocycles. The standard InChI is InChI=1S/C24H17N/c1-4-12-20-17(9-1)18-10-2-5-13-21(18)24(20)22-14-6-3-11-19(22)23-15-7-8-16-25-23/h1-16,24H. The van der Waals surface area contributed by atoms with Gasteiger partial charge in [-0.05, 0) is 39.9 Å². The van der Waals surface area contributed by atoms with E-state index >= 15 is 0 Å². The Hall–Kier alpha value is -3.19. The fourth-order valence-electron chi connectivity index (χ4n) is 3.99. The summed E-state index contributed by atoms with van der Waals surface area (Å²) in [6.45, 7) is 0. The van der Waals surface area contributed by atoms with Crippen LogP contribution in [0.3, 0.4) is 0 Å². The molecule has 1 aliphatic rings. The van der Waals surface area contributed by atoms with Crippen molar-refractivity contribution < 1.29 is 0 Å². The third-order valence-electron chi connectivity index (χ3n) is 5.05. The zero-order valence-electron chi connectivity index (χ0n) is 13.8. The summed E-state index contributed by atoms with van der Waals surface area (Å²) in [6.07, 6.45) is 1.86. The number of aromatic nitrogens is 1. The van der Waals surface area contributed by atoms with Gasteiger partial charge in [0.1, 0.15) is 0 Å². The molecule has 0 N–H and O–H groups in total. The third kappa shape index (κ3) is 2.20. The molecule has 0 bridgehead atoms. The van der Waals surface area contributed by atoms with Gasteiger partial charge in [0, 0.05) is 17.7 Å². The Balaban J connectivity index is 1.78. The number of benzene rings is 3. The summed E-state index contributed by atoms with van der Waals surface area (Å²) in [4.78, 5) is 4.59. The average Bonchev–Trinajstić information content (AvgIpc) is 3.03. The minimum absolute atomic E-state index is 0.255. The lowest BCUT2D eigenvalue weighted by Crippen LogP contribution is -2.02. The molecule has 1 nitrogen and oxygen atoms in total. The molecule has 0 radical (unpaired) electrons. The summed E-state index contributed by atoms with van der Waals surface area (Å²) in [5, 5.41) is 0. The number of rotatable bonds is 2. The van der Waals surface area contributed by atoms with E-state index in [4.69, 9.17) is 0 Å². The second-order valence-electron chi connectivity index (χ2n) is 6.41. The van der Waals surface area contributed by atoms with Gasteiger partial charge in [-0.25, -0.2) is 0 Å². The summed E-state index contributed by atoms with van der Waals surface area (Å²) in [5.41, 5.74) is 9.01. The van der Waals surface area contributed by atoms with Crippen LogP contribution in [0.15, 0.2) is 97.2 Å². The van der Waals surface area contributed by atoms with Gasteiger partial charge in [-0.3, -0.25) is 4.98 Å². The second kappa shape index (κ2) is 5.71. The Morgan fingerprint density at radius 1 is 0.480 bits per heavy atom. The molecule has 25 heavy (non-hydrogen) atoms. The first kappa shape index (κ1) is 14.2. The molecule has 1 aromatic heterocycles. The zero-order valence-corrected chi connectivity index (χ0v) is 13.8. The number of nitrogens with zero attached hydrogens (tertiary/aromatic N) is 1. The van der Waals surface area contributed by atoms with E-state index in [1.54, 1.807) is 0 Å². The first-order valence-corrected chi connectivity index (χ1v) is 8.62. The number of pyridine rings is 1. The lowest BCUT2D eigenvalue weighted by atomic mass is 9.85. The zero-order chi connectivity index (χ0) is 16.6. The molecule has 0 saturated carbocycles. The quantitative estimate of drug-likeness (QED) is 0.394. The number of hydrogen-bond donors (Lipinski definition) is 0. The average molecular weight is 319 g/mol. The monoisotopic (exact) mass is 319 g/mol. The minimum Gasteiger partial charge on any atom is -0.256 e. The summed E-state index contributed by atoms with van der Waals surface area (Å²) in [7, 11) is 0. The Kier molecular flexibility index (Phi) is 3.24. The van der Waals surface area contributed by atoms with E-state index in [-0.39, 0.29) is 5.92 Å². The van der Waals surface area contributed by atoms with Crippen LogP contribution in [0.4, 0.5) is 0 Å². The van der Waals surface area contributed by atoms with Crippen LogP contribution in [0, 0.1) is 0 Å². The Bertz CT molecular complexity index is 1000. The van der Waals surface area contributed by atoms with Gasteiger partial charge in [-0.1, -0.05) is 78.9 Å². The maximum Gasteiger partial charge on any atom is 0.0705 e. The van der Waals surface area contributed by atoms with Crippen molar-refractivity contribution >= 4 is 0 Å². The molecule has 0 fully saturated rings. The van der Waals surface area contributed by atoms with Crippen molar-refractivity contribution in [3.05, 3.63) is 114 Å². The van der Waals surface area contributed by atoms with E-state index in [2.05, 4.69) is 89.9 Å². The van der Waals surface area contributed by atoms with E-state index < -0.39 is 0 Å². The maximum absolute atomic E-state index is 4.59. The van der Waals surface area contributed by atoms with E-state index in [1.165, 1.54) is 33.4 Å². The molecule has 5 rings (SSSR count). The topological polar surface area (TPSA) is 12.9 Å². The highest BCUT2D eigenvalue weighted by Crippen LogP contribution is 2.49. The maximum atomic E-state index is 4.59. The van der Waals surface area contributed by atoms with Crippen LogP contribution < -0.4 is 0 Å². The smallest absolute Gasteiger partial charge is 0.0705 e. The van der Waals surface area contributed by atoms with Gasteiger partial charge in [-0.15, -0.1) is 0 Å². The lowest BCUT2D eigenvalue weighted by Gasteiger charge is -2.18. The highest BCUT2D eigenvalue weighted by atomic mass is 14.7. The molecule has 118 valence electrons. The van der Waals surface area contributed by atoms with E-state index in [1.807, 2.05) is 12.3 Å². The van der Waals surface area contributed by atoms with Gasteiger partial charge in [0.25, 0.3) is 0 Å². The van der Waals surface area contributed by atoms with Crippen LogP contribution in [0.5, 0.6) is 0 Å². The van der Waals surface area contributed by atoms with Crippen LogP contribution in [0.25, 0.3) is 22.4 Å². The van der Waals surface area contributed by atoms with Crippen molar-refractivity contribution in [1.82, 2.24) is 4.98 Å². The predicted octanol–water partition coefficient (Wildman–Crippen LogP) is 5.91. The normalized spacial score (nSPS) is 12.6. The Morgan fingerprint density at radius 2 is 0.960 bits per heavy atom. The molecule has 1 aliphatic carbocycles. The van der Waals surface area contributed by atoms with Crippen molar-refractivity contribution in [2.75, 3.05) is 0 Å². The van der Waals surface area contributed by atoms with E-state index in [9.17, 15) is 0 Å². The molecule has 1 heteroatoms. The van der Waals surface area contributed by atoms with Crippen LogP contribution in [0.2, 0.25) is 0 Å². The molecular weight excluding hydrogens is 302 g/mol. The van der Waals surface area contributed by atoms with Crippen molar-refractivity contribution in [2.45, 2.75) is 5.92 Å². The first-order chi connectivity index (χ1) is 12.4. The van der Waals surface area contributed by atoms with Crippen LogP contribution >= 0.6 is 0 Å². The largest absolute Gasteiger partial charge is 0.256 e. The molecule has 0 spiro atoms. The number of hydrogen-bond acceptors (Lipinski definition) is 1. The molecule has 0 amide bonds. The van der Waals surface area contributed by atoms with Crippen LogP contribution in [0.1, 0.15) is 22.6 Å². The predicted molar refractivity (Wildman–Crippen MR) is 102 cm³/mol. The fraction of sp³-hybridized carbons (Fsp3) is 0.0417. The summed E-state index contributed by atoms with van der Waals surface area (Å²) >= 11 is 0. The molecule has 0 atom stereocenters. The highest BCUT2D eigenvalue weighted by Gasteiger charge is 2.30. The Morgan fingerprint density at radius 3 is 1.52 bits per heavy atom. The summed E-state index contributed by atoms with van der Waals surface area (Å²) in [5.74, 6) is 0.255. The van der Waals surface area contributed by atoms with Gasteiger partial charge >= 0.3 is 0 Å². The van der Waals surface area contributed by atoms with Crippen molar-refractivity contribution in [3.8, 4) is 22.4 Å². The van der Waals surface area contributed by atoms with Gasteiger partial charge < -0.3 is 0 Å². The lowest BCUT2D eigenvalue weighted by molar-refractivity contribution is 1.01. The van der Waals surface area contributed by atoms with Gasteiger partial charge in [-0.2, -0.15) is 0 Å². The van der Waals surface area contributed by atoms with Crippen molar-refractivity contribution in [1.29, 1.82) is 0 Å². The molecule has 0 saturated heterocycles. The first-order valence-electron chi connectivity index (χ1n) is 8.62. The van der Waals surface area contributed by atoms with Crippen LogP contribution in [-0.4, -0.2) is 4.98 Å². The van der Waals surface area contributed by atoms with E-state index in [0.717, 1.165) is 5.69 Å². The molecule has 1 heterocycles. The van der Waals surface area contributed by atoms with Crippen molar-refractivity contribution in [3.63, 3.8) is 0 Å². The molecule has 0 unspecified atom stereocenters. The van der Waals surface area contributed by atoms with Gasteiger partial charge in [0.05, 0.1) is 5.69 Å². The minimum atomic E-state index is 0.255.